The van der Waals surface area contributed by atoms with Gasteiger partial charge in [-0.1, -0.05) is 309 Å². The van der Waals surface area contributed by atoms with Crippen molar-refractivity contribution in [3.8, 4) is 0 Å². The van der Waals surface area contributed by atoms with Gasteiger partial charge in [0, 0.05) is 58.2 Å². The van der Waals surface area contributed by atoms with Crippen molar-refractivity contribution in [2.45, 2.75) is 329 Å². The summed E-state index contributed by atoms with van der Waals surface area (Å²) in [4.78, 5) is 30.8. The van der Waals surface area contributed by atoms with Crippen LogP contribution < -0.4 is 0 Å². The standard InChI is InChI=1S/3C20H38O2.Gd/c3*1-2-3-4-5-6-7-8-9-10-11-12-13-14-15-16-17-18-19-20(21)22;/h3*18-19H,2-17H2,1H3,(H,21,22);. The van der Waals surface area contributed by atoms with Crippen molar-refractivity contribution in [1.29, 1.82) is 0 Å². The molecule has 0 saturated carbocycles. The van der Waals surface area contributed by atoms with Gasteiger partial charge in [-0.25, -0.2) is 14.4 Å². The SMILES string of the molecule is CCCCCCCCCCCCCCCCCC=CC(=O)O.CCCCCCCCCCCCCCCCCC=CC(=O)O.CCCCCCCCCCCCCCCCCC=CC(=O)O.[Gd]. The molecule has 0 aliphatic heterocycles. The molecule has 3 N–H and O–H groups in total. The first-order valence-electron chi connectivity index (χ1n) is 29.0. The Morgan fingerprint density at radius 1 is 0.239 bits per heavy atom. The van der Waals surface area contributed by atoms with Crippen molar-refractivity contribution >= 4 is 17.9 Å². The minimum absolute atomic E-state index is 0. The number of unbranched alkanes of at least 4 members (excludes halogenated alkanes) is 45. The van der Waals surface area contributed by atoms with Crippen LogP contribution in [0.25, 0.3) is 0 Å². The summed E-state index contributed by atoms with van der Waals surface area (Å²) in [6.07, 6.45) is 73.5. The Kier molecular flexibility index (Phi) is 74.9. The second-order valence-corrected chi connectivity index (χ2v) is 19.4. The normalized spacial score (nSPS) is 11.1. The molecule has 0 aromatic rings. The van der Waals surface area contributed by atoms with E-state index < -0.39 is 17.9 Å². The predicted octanol–water partition coefficient (Wildman–Crippen LogP) is 20.7. The molecule has 0 aromatic heterocycles. The molecule has 0 heterocycles. The molecule has 0 aliphatic rings. The fourth-order valence-electron chi connectivity index (χ4n) is 8.45. The third-order valence-electron chi connectivity index (χ3n) is 12.7. The van der Waals surface area contributed by atoms with Gasteiger partial charge in [-0.2, -0.15) is 0 Å². The fourth-order valence-corrected chi connectivity index (χ4v) is 8.45. The molecule has 0 unspecified atom stereocenters. The van der Waals surface area contributed by atoms with E-state index in [1.165, 1.54) is 288 Å². The smallest absolute Gasteiger partial charge is 0.327 e. The van der Waals surface area contributed by atoms with Crippen molar-refractivity contribution in [2.24, 2.45) is 0 Å². The van der Waals surface area contributed by atoms with Crippen LogP contribution in [-0.4, -0.2) is 33.2 Å². The topological polar surface area (TPSA) is 112 Å². The average Bonchev–Trinajstić information content (AvgIpc) is 3.29. The molecular formula is C60H114GdO6. The van der Waals surface area contributed by atoms with Gasteiger partial charge in [0.25, 0.3) is 0 Å². The number of rotatable bonds is 51. The summed E-state index contributed by atoms with van der Waals surface area (Å²) in [5.41, 5.74) is 0. The van der Waals surface area contributed by atoms with Gasteiger partial charge < -0.3 is 15.3 Å². The maximum Gasteiger partial charge on any atom is 0.327 e. The van der Waals surface area contributed by atoms with Crippen LogP contribution in [0, 0.1) is 39.9 Å². The van der Waals surface area contributed by atoms with Gasteiger partial charge in [0.1, 0.15) is 0 Å². The van der Waals surface area contributed by atoms with Crippen LogP contribution >= 0.6 is 0 Å². The number of carboxylic acid groups (broad SMARTS) is 3. The van der Waals surface area contributed by atoms with E-state index in [0.717, 1.165) is 38.5 Å². The van der Waals surface area contributed by atoms with E-state index in [-0.39, 0.29) is 39.9 Å². The maximum atomic E-state index is 10.3. The molecule has 0 fully saturated rings. The van der Waals surface area contributed by atoms with Crippen LogP contribution in [0.4, 0.5) is 0 Å². The number of hydrogen-bond acceptors (Lipinski definition) is 3. The average molecular weight is 1090 g/mol. The van der Waals surface area contributed by atoms with Crippen molar-refractivity contribution in [1.82, 2.24) is 0 Å². The molecule has 7 heteroatoms. The van der Waals surface area contributed by atoms with Crippen LogP contribution in [-0.2, 0) is 14.4 Å². The van der Waals surface area contributed by atoms with Crippen molar-refractivity contribution in [3.63, 3.8) is 0 Å². The third-order valence-corrected chi connectivity index (χ3v) is 12.7. The molecular weight excluding hydrogens is 974 g/mol. The van der Waals surface area contributed by atoms with Crippen LogP contribution in [0.5, 0.6) is 0 Å². The number of carbonyl (C=O) groups is 3. The van der Waals surface area contributed by atoms with Crippen molar-refractivity contribution in [2.75, 3.05) is 0 Å². The van der Waals surface area contributed by atoms with Crippen molar-refractivity contribution < 1.29 is 69.6 Å². The van der Waals surface area contributed by atoms with Gasteiger partial charge >= 0.3 is 17.9 Å². The fraction of sp³-hybridized carbons (Fsp3) is 0.850. The van der Waals surface area contributed by atoms with E-state index in [1.54, 1.807) is 18.2 Å². The molecule has 0 atom stereocenters. The van der Waals surface area contributed by atoms with E-state index in [0.29, 0.717) is 0 Å². The molecule has 398 valence electrons. The Bertz CT molecular complexity index is 911. The number of allylic oxidation sites excluding steroid dienone is 3. The largest absolute Gasteiger partial charge is 0.478 e. The van der Waals surface area contributed by atoms with Crippen molar-refractivity contribution in [3.05, 3.63) is 36.5 Å². The quantitative estimate of drug-likeness (QED) is 0.0413. The van der Waals surface area contributed by atoms with Gasteiger partial charge in [0.15, 0.2) is 0 Å². The molecule has 0 amide bonds. The molecule has 0 aromatic carbocycles. The summed E-state index contributed by atoms with van der Waals surface area (Å²) < 4.78 is 0. The minimum Gasteiger partial charge on any atom is -0.478 e. The van der Waals surface area contributed by atoms with Gasteiger partial charge in [0.2, 0.25) is 0 Å². The monoisotopic (exact) mass is 1090 g/mol. The van der Waals surface area contributed by atoms with Crippen LogP contribution in [0.1, 0.15) is 329 Å². The summed E-state index contributed by atoms with van der Waals surface area (Å²) in [5, 5.41) is 25.4. The second-order valence-electron chi connectivity index (χ2n) is 19.4. The van der Waals surface area contributed by atoms with E-state index >= 15 is 0 Å². The summed E-state index contributed by atoms with van der Waals surface area (Å²) in [7, 11) is 0. The molecule has 0 aliphatic carbocycles. The number of carboxylic acids is 3. The molecule has 0 bridgehead atoms. The Morgan fingerprint density at radius 2 is 0.358 bits per heavy atom. The van der Waals surface area contributed by atoms with Gasteiger partial charge in [-0.3, -0.25) is 0 Å². The summed E-state index contributed by atoms with van der Waals surface area (Å²) in [6.45, 7) is 6.82. The van der Waals surface area contributed by atoms with Crippen LogP contribution in [0.3, 0.4) is 0 Å². The van der Waals surface area contributed by atoms with Crippen LogP contribution in [0.15, 0.2) is 36.5 Å². The number of hydrogen-bond donors (Lipinski definition) is 3. The van der Waals surface area contributed by atoms with Gasteiger partial charge in [-0.15, -0.1) is 0 Å². The first-order chi connectivity index (χ1) is 32.3. The second kappa shape index (κ2) is 69.2. The summed E-state index contributed by atoms with van der Waals surface area (Å²) in [5.74, 6) is -2.50. The summed E-state index contributed by atoms with van der Waals surface area (Å²) in [6, 6.07) is 0. The Hall–Kier alpha value is -1.05. The Morgan fingerprint density at radius 3 is 0.478 bits per heavy atom. The molecule has 67 heavy (non-hydrogen) atoms. The molecule has 0 rings (SSSR count). The first-order valence-corrected chi connectivity index (χ1v) is 29.0. The molecule has 0 spiro atoms. The third kappa shape index (κ3) is 82.2. The van der Waals surface area contributed by atoms with Crippen LogP contribution in [0.2, 0.25) is 0 Å². The zero-order valence-electron chi connectivity index (χ0n) is 44.8. The predicted molar refractivity (Wildman–Crippen MR) is 289 cm³/mol. The number of aliphatic carboxylic acids is 3. The van der Waals surface area contributed by atoms with E-state index in [4.69, 9.17) is 15.3 Å². The molecule has 6 nitrogen and oxygen atoms in total. The molecule has 0 saturated heterocycles. The first kappa shape index (κ1) is 72.5. The van der Waals surface area contributed by atoms with E-state index in [9.17, 15) is 14.4 Å². The molecule has 0 radical (unpaired) electrons. The summed E-state index contributed by atoms with van der Waals surface area (Å²) >= 11 is 0. The van der Waals surface area contributed by atoms with Gasteiger partial charge in [0.05, 0.1) is 0 Å². The van der Waals surface area contributed by atoms with E-state index in [1.807, 2.05) is 0 Å². The Balaban J connectivity index is -0.000000441. The van der Waals surface area contributed by atoms with Gasteiger partial charge in [-0.05, 0) is 38.5 Å². The maximum absolute atomic E-state index is 10.3. The van der Waals surface area contributed by atoms with E-state index in [2.05, 4.69) is 20.8 Å². The zero-order valence-corrected chi connectivity index (χ0v) is 47.1. The minimum atomic E-state index is -0.832. The zero-order chi connectivity index (χ0) is 48.9. The Labute approximate surface area is 449 Å².